The quantitative estimate of drug-likeness (QED) is 0.678. The van der Waals surface area contributed by atoms with Gasteiger partial charge in [0, 0.05) is 50.7 Å². The van der Waals surface area contributed by atoms with Crippen molar-refractivity contribution in [1.82, 2.24) is 20.3 Å². The van der Waals surface area contributed by atoms with Crippen molar-refractivity contribution in [2.45, 2.75) is 58.5 Å². The van der Waals surface area contributed by atoms with Crippen molar-refractivity contribution < 1.29 is 0 Å². The molecule has 2 aromatic heterocycles. The Kier molecular flexibility index (Phi) is 7.17. The molecule has 4 heterocycles. The van der Waals surface area contributed by atoms with Crippen LogP contribution in [0.4, 0.5) is 17.6 Å². The Labute approximate surface area is 190 Å². The van der Waals surface area contributed by atoms with Crippen LogP contribution in [0.5, 0.6) is 0 Å². The fourth-order valence-corrected chi connectivity index (χ4v) is 4.62. The van der Waals surface area contributed by atoms with E-state index in [2.05, 4.69) is 45.3 Å². The fraction of sp³-hybridized carbons (Fsp3) is 0.565. The molecule has 2 saturated heterocycles. The van der Waals surface area contributed by atoms with Crippen LogP contribution in [0.3, 0.4) is 0 Å². The minimum Gasteiger partial charge on any atom is -0.358 e. The number of hydrogen-bond acceptors (Lipinski definition) is 6. The van der Waals surface area contributed by atoms with E-state index in [9.17, 15) is 0 Å². The summed E-state index contributed by atoms with van der Waals surface area (Å²) in [4.78, 5) is 18.7. The molecule has 2 aliphatic heterocycles. The maximum Gasteiger partial charge on any atom is 0.232 e. The Morgan fingerprint density at radius 1 is 1.13 bits per heavy atom. The molecule has 0 spiro atoms. The van der Waals surface area contributed by atoms with Crippen LogP contribution in [0, 0.1) is 5.92 Å². The molecule has 2 aromatic rings. The van der Waals surface area contributed by atoms with E-state index < -0.39 is 0 Å². The number of nitrogens with zero attached hydrogens (tertiary/aromatic N) is 5. The van der Waals surface area contributed by atoms with Crippen molar-refractivity contribution >= 4 is 34.9 Å². The Balaban J connectivity index is 1.52. The van der Waals surface area contributed by atoms with Gasteiger partial charge in [-0.05, 0) is 68.8 Å². The fourth-order valence-electron chi connectivity index (χ4n) is 4.45. The second-order valence-electron chi connectivity index (χ2n) is 8.81. The van der Waals surface area contributed by atoms with Crippen LogP contribution >= 0.6 is 12.2 Å². The maximum atomic E-state index is 5.53. The third-order valence-electron chi connectivity index (χ3n) is 6.18. The summed E-state index contributed by atoms with van der Waals surface area (Å²) in [7, 11) is 0. The standard InChI is InChI=1S/C23H33N7S/c1-17-7-6-11-29(16-17)20-13-21(30-12-4-3-8-18(30)2)27-22(26-20)28-23(31)25-15-19-9-5-10-24-14-19/h5,9-10,13-14,17-18H,3-4,6-8,11-12,15-16H2,1-2H3,(H2,25,26,27,28,31)/t17-,18+/m0/s1. The van der Waals surface area contributed by atoms with Crippen molar-refractivity contribution in [1.29, 1.82) is 0 Å². The van der Waals surface area contributed by atoms with E-state index in [1.165, 1.54) is 32.1 Å². The molecule has 2 N–H and O–H groups in total. The summed E-state index contributed by atoms with van der Waals surface area (Å²) in [5.41, 5.74) is 1.08. The number of aromatic nitrogens is 3. The number of hydrogen-bond donors (Lipinski definition) is 2. The minimum atomic E-state index is 0.486. The molecular formula is C23H33N7S. The molecule has 2 atom stereocenters. The minimum absolute atomic E-state index is 0.486. The zero-order valence-electron chi connectivity index (χ0n) is 18.5. The van der Waals surface area contributed by atoms with Gasteiger partial charge in [0.15, 0.2) is 5.11 Å². The molecule has 2 fully saturated rings. The summed E-state index contributed by atoms with van der Waals surface area (Å²) in [6, 6.07) is 6.59. The average molecular weight is 440 g/mol. The van der Waals surface area contributed by atoms with Crippen molar-refractivity contribution in [3.63, 3.8) is 0 Å². The van der Waals surface area contributed by atoms with Crippen LogP contribution in [0.2, 0.25) is 0 Å². The van der Waals surface area contributed by atoms with Gasteiger partial charge in [0.1, 0.15) is 11.6 Å². The third-order valence-corrected chi connectivity index (χ3v) is 6.42. The van der Waals surface area contributed by atoms with Gasteiger partial charge in [0.2, 0.25) is 5.95 Å². The van der Waals surface area contributed by atoms with Crippen LogP contribution in [0.25, 0.3) is 0 Å². The molecule has 0 aromatic carbocycles. The SMILES string of the molecule is C[C@H]1CCCN(c2cc(N3CCCC[C@H]3C)nc(NC(=S)NCc3cccnc3)n2)C1. The van der Waals surface area contributed by atoms with Crippen molar-refractivity contribution in [2.24, 2.45) is 5.92 Å². The van der Waals surface area contributed by atoms with Gasteiger partial charge >= 0.3 is 0 Å². The highest BCUT2D eigenvalue weighted by Crippen LogP contribution is 2.29. The predicted molar refractivity (Wildman–Crippen MR) is 131 cm³/mol. The molecule has 31 heavy (non-hydrogen) atoms. The van der Waals surface area contributed by atoms with Gasteiger partial charge in [-0.25, -0.2) is 0 Å². The van der Waals surface area contributed by atoms with Crippen molar-refractivity contribution in [3.8, 4) is 0 Å². The molecule has 7 nitrogen and oxygen atoms in total. The normalized spacial score (nSPS) is 21.6. The molecule has 166 valence electrons. The first-order chi connectivity index (χ1) is 15.1. The highest BCUT2D eigenvalue weighted by molar-refractivity contribution is 7.80. The second-order valence-corrected chi connectivity index (χ2v) is 9.22. The van der Waals surface area contributed by atoms with Gasteiger partial charge < -0.3 is 20.4 Å². The largest absolute Gasteiger partial charge is 0.358 e. The Morgan fingerprint density at radius 3 is 2.77 bits per heavy atom. The lowest BCUT2D eigenvalue weighted by Gasteiger charge is -2.36. The molecule has 0 saturated carbocycles. The zero-order chi connectivity index (χ0) is 21.6. The van der Waals surface area contributed by atoms with Gasteiger partial charge in [0.25, 0.3) is 0 Å². The van der Waals surface area contributed by atoms with E-state index >= 15 is 0 Å². The molecule has 0 unspecified atom stereocenters. The maximum absolute atomic E-state index is 5.53. The lowest BCUT2D eigenvalue weighted by molar-refractivity contribution is 0.444. The predicted octanol–water partition coefficient (Wildman–Crippen LogP) is 3.97. The summed E-state index contributed by atoms with van der Waals surface area (Å²) < 4.78 is 0. The molecule has 0 radical (unpaired) electrons. The van der Waals surface area contributed by atoms with Crippen LogP contribution in [-0.4, -0.2) is 45.7 Å². The first-order valence-corrected chi connectivity index (χ1v) is 11.8. The van der Waals surface area contributed by atoms with Gasteiger partial charge in [-0.2, -0.15) is 9.97 Å². The smallest absolute Gasteiger partial charge is 0.232 e. The van der Waals surface area contributed by atoms with Crippen molar-refractivity contribution in [2.75, 3.05) is 34.8 Å². The number of piperidine rings is 2. The third kappa shape index (κ3) is 5.81. The Morgan fingerprint density at radius 2 is 2.00 bits per heavy atom. The summed E-state index contributed by atoms with van der Waals surface area (Å²) >= 11 is 5.53. The van der Waals surface area contributed by atoms with Crippen LogP contribution in [-0.2, 0) is 6.54 Å². The van der Waals surface area contributed by atoms with E-state index in [0.29, 0.717) is 29.6 Å². The summed E-state index contributed by atoms with van der Waals surface area (Å²) in [6.07, 6.45) is 9.78. The Hall–Kier alpha value is -2.48. The molecule has 4 rings (SSSR count). The highest BCUT2D eigenvalue weighted by atomic mass is 32.1. The number of nitrogens with one attached hydrogen (secondary N) is 2. The van der Waals surface area contributed by atoms with Gasteiger partial charge in [0.05, 0.1) is 0 Å². The van der Waals surface area contributed by atoms with Crippen LogP contribution < -0.4 is 20.4 Å². The van der Waals surface area contributed by atoms with E-state index in [0.717, 1.165) is 36.8 Å². The van der Waals surface area contributed by atoms with E-state index in [-0.39, 0.29) is 0 Å². The molecule has 0 aliphatic carbocycles. The molecular weight excluding hydrogens is 406 g/mol. The van der Waals surface area contributed by atoms with Crippen LogP contribution in [0.15, 0.2) is 30.6 Å². The topological polar surface area (TPSA) is 69.2 Å². The lowest BCUT2D eigenvalue weighted by Crippen LogP contribution is -2.39. The second kappa shape index (κ2) is 10.2. The first kappa shape index (κ1) is 21.7. The highest BCUT2D eigenvalue weighted by Gasteiger charge is 2.24. The van der Waals surface area contributed by atoms with E-state index in [4.69, 9.17) is 22.2 Å². The van der Waals surface area contributed by atoms with Crippen LogP contribution in [0.1, 0.15) is 51.5 Å². The average Bonchev–Trinajstić information content (AvgIpc) is 2.78. The van der Waals surface area contributed by atoms with Gasteiger partial charge in [-0.3, -0.25) is 4.98 Å². The first-order valence-electron chi connectivity index (χ1n) is 11.4. The summed E-state index contributed by atoms with van der Waals surface area (Å²) in [6.45, 7) is 8.33. The molecule has 0 bridgehead atoms. The number of thiocarbonyl (C=S) groups is 1. The molecule has 8 heteroatoms. The number of anilines is 3. The molecule has 2 aliphatic rings. The molecule has 0 amide bonds. The number of pyridine rings is 1. The van der Waals surface area contributed by atoms with Gasteiger partial charge in [-0.1, -0.05) is 13.0 Å². The lowest BCUT2D eigenvalue weighted by atomic mass is 10.0. The monoisotopic (exact) mass is 439 g/mol. The Bertz CT molecular complexity index is 875. The van der Waals surface area contributed by atoms with Crippen molar-refractivity contribution in [3.05, 3.63) is 36.2 Å². The summed E-state index contributed by atoms with van der Waals surface area (Å²) in [5.74, 6) is 3.23. The van der Waals surface area contributed by atoms with E-state index in [1.807, 2.05) is 18.3 Å². The summed E-state index contributed by atoms with van der Waals surface area (Å²) in [5, 5.41) is 6.98. The zero-order valence-corrected chi connectivity index (χ0v) is 19.4. The number of rotatable bonds is 5. The van der Waals surface area contributed by atoms with E-state index in [1.54, 1.807) is 6.20 Å². The van der Waals surface area contributed by atoms with Gasteiger partial charge in [-0.15, -0.1) is 0 Å².